The van der Waals surface area contributed by atoms with Crippen LogP contribution in [0.4, 0.5) is 24.5 Å². The number of thioether (sulfide) groups is 1. The third-order valence-corrected chi connectivity index (χ3v) is 9.92. The van der Waals surface area contributed by atoms with E-state index in [2.05, 4.69) is 5.32 Å². The topological polar surface area (TPSA) is 97.7 Å². The van der Waals surface area contributed by atoms with Gasteiger partial charge in [-0.25, -0.2) is 4.90 Å². The van der Waals surface area contributed by atoms with Crippen LogP contribution in [0.5, 0.6) is 5.75 Å². The number of hydrogen-bond donors (Lipinski definition) is 1. The van der Waals surface area contributed by atoms with Crippen molar-refractivity contribution in [2.24, 2.45) is 5.92 Å². The molecular weight excluding hydrogens is 603 g/mol. The molecule has 3 atom stereocenters. The predicted octanol–water partition coefficient (Wildman–Crippen LogP) is 5.37. The van der Waals surface area contributed by atoms with E-state index in [1.54, 1.807) is 36.4 Å². The SMILES string of the molecule is COc1ccc(N2C(=O)C3Sc4c(sc(=O)n4CC(=O)Nc4cccc(C(F)(F)F)c4)C(c4ccccc4)C3C2=O)cc1. The summed E-state index contributed by atoms with van der Waals surface area (Å²) in [6, 6.07) is 19.8. The molecule has 0 saturated carbocycles. The molecule has 1 fully saturated rings. The van der Waals surface area contributed by atoms with Crippen molar-refractivity contribution < 1.29 is 32.3 Å². The van der Waals surface area contributed by atoms with Crippen LogP contribution in [0.1, 0.15) is 21.9 Å². The van der Waals surface area contributed by atoms with Crippen LogP contribution < -0.4 is 19.8 Å². The van der Waals surface area contributed by atoms with Crippen molar-refractivity contribution in [1.82, 2.24) is 4.57 Å². The summed E-state index contributed by atoms with van der Waals surface area (Å²) in [6.07, 6.45) is -4.59. The minimum Gasteiger partial charge on any atom is -0.497 e. The van der Waals surface area contributed by atoms with Crippen molar-refractivity contribution in [2.75, 3.05) is 17.3 Å². The summed E-state index contributed by atoms with van der Waals surface area (Å²) >= 11 is 1.94. The smallest absolute Gasteiger partial charge is 0.416 e. The van der Waals surface area contributed by atoms with Crippen molar-refractivity contribution >= 4 is 52.2 Å². The third kappa shape index (κ3) is 5.23. The van der Waals surface area contributed by atoms with Crippen molar-refractivity contribution in [3.05, 3.63) is 105 Å². The van der Waals surface area contributed by atoms with Gasteiger partial charge in [0, 0.05) is 16.5 Å². The Labute approximate surface area is 251 Å². The molecule has 2 aliphatic heterocycles. The highest BCUT2D eigenvalue weighted by atomic mass is 32.2. The summed E-state index contributed by atoms with van der Waals surface area (Å²) in [4.78, 5) is 55.1. The Bertz CT molecular complexity index is 1790. The lowest BCUT2D eigenvalue weighted by atomic mass is 9.83. The molecule has 1 saturated heterocycles. The molecule has 3 unspecified atom stereocenters. The molecule has 0 radical (unpaired) electrons. The first-order chi connectivity index (χ1) is 20.6. The molecule has 0 aliphatic carbocycles. The average molecular weight is 626 g/mol. The van der Waals surface area contributed by atoms with Gasteiger partial charge in [-0.05, 0) is 48.0 Å². The van der Waals surface area contributed by atoms with Crippen LogP contribution in [-0.2, 0) is 27.1 Å². The number of hydrogen-bond acceptors (Lipinski definition) is 7. The standard InChI is InChI=1S/C30H22F3N3O5S2/c1-41-20-12-10-19(11-13-20)36-26(38)23-22(16-6-3-2-4-7-16)25-28(42-24(23)27(36)39)35(29(40)43-25)15-21(37)34-18-9-5-8-17(14-18)30(31,32)33/h2-14,22-24H,15H2,1H3,(H,34,37). The summed E-state index contributed by atoms with van der Waals surface area (Å²) in [6.45, 7) is -0.489. The predicted molar refractivity (Wildman–Crippen MR) is 156 cm³/mol. The van der Waals surface area contributed by atoms with E-state index in [1.807, 2.05) is 18.2 Å². The fourth-order valence-corrected chi connectivity index (χ4v) is 8.15. The first-order valence-electron chi connectivity index (χ1n) is 13.0. The molecule has 3 amide bonds. The van der Waals surface area contributed by atoms with Crippen LogP contribution in [0.3, 0.4) is 0 Å². The molecule has 1 aromatic heterocycles. The Morgan fingerprint density at radius 1 is 0.953 bits per heavy atom. The Morgan fingerprint density at radius 2 is 1.67 bits per heavy atom. The van der Waals surface area contributed by atoms with Gasteiger partial charge in [0.25, 0.3) is 0 Å². The van der Waals surface area contributed by atoms with E-state index in [0.717, 1.165) is 45.7 Å². The van der Waals surface area contributed by atoms with E-state index in [9.17, 15) is 32.3 Å². The molecular formula is C30H22F3N3O5S2. The molecule has 0 spiro atoms. The lowest BCUT2D eigenvalue weighted by Crippen LogP contribution is -2.33. The van der Waals surface area contributed by atoms with E-state index in [0.29, 0.717) is 21.3 Å². The minimum atomic E-state index is -4.59. The van der Waals surface area contributed by atoms with Gasteiger partial charge >= 0.3 is 11.0 Å². The van der Waals surface area contributed by atoms with Gasteiger partial charge in [0.1, 0.15) is 17.5 Å². The second-order valence-corrected chi connectivity index (χ2v) is 12.0. The summed E-state index contributed by atoms with van der Waals surface area (Å²) in [7, 11) is 1.51. The maximum atomic E-state index is 13.9. The number of ether oxygens (including phenoxy) is 1. The van der Waals surface area contributed by atoms with E-state index in [1.165, 1.54) is 23.8 Å². The Balaban J connectivity index is 1.36. The van der Waals surface area contributed by atoms with E-state index >= 15 is 0 Å². The van der Waals surface area contributed by atoms with Crippen LogP contribution in [0.15, 0.2) is 88.7 Å². The summed E-state index contributed by atoms with van der Waals surface area (Å²) in [5.74, 6) is -2.44. The van der Waals surface area contributed by atoms with Crippen LogP contribution in [0.2, 0.25) is 0 Å². The van der Waals surface area contributed by atoms with E-state index < -0.39 is 58.0 Å². The number of alkyl halides is 3. The van der Waals surface area contributed by atoms with E-state index in [-0.39, 0.29) is 5.69 Å². The van der Waals surface area contributed by atoms with Crippen LogP contribution in [0.25, 0.3) is 0 Å². The molecule has 43 heavy (non-hydrogen) atoms. The summed E-state index contributed by atoms with van der Waals surface area (Å²) in [5, 5.41) is 1.93. The number of rotatable bonds is 6. The number of nitrogens with one attached hydrogen (secondary N) is 1. The molecule has 220 valence electrons. The zero-order chi connectivity index (χ0) is 30.5. The minimum absolute atomic E-state index is 0.0708. The number of amides is 3. The Hall–Kier alpha value is -4.36. The van der Waals surface area contributed by atoms with E-state index in [4.69, 9.17) is 4.74 Å². The van der Waals surface area contributed by atoms with Gasteiger partial charge in [-0.2, -0.15) is 13.2 Å². The number of anilines is 2. The molecule has 6 rings (SSSR count). The zero-order valence-corrected chi connectivity index (χ0v) is 24.0. The number of carbonyl (C=O) groups is 3. The summed E-state index contributed by atoms with van der Waals surface area (Å²) in [5.41, 5.74) is 0.129. The number of carbonyl (C=O) groups excluding carboxylic acids is 3. The van der Waals surface area contributed by atoms with Gasteiger partial charge in [0.05, 0.1) is 29.3 Å². The zero-order valence-electron chi connectivity index (χ0n) is 22.3. The van der Waals surface area contributed by atoms with Crippen LogP contribution >= 0.6 is 23.1 Å². The number of benzene rings is 3. The number of methoxy groups -OCH3 is 1. The van der Waals surface area contributed by atoms with Gasteiger partial charge in [-0.1, -0.05) is 59.5 Å². The van der Waals surface area contributed by atoms with Crippen LogP contribution in [-0.4, -0.2) is 34.6 Å². The number of aromatic nitrogens is 1. The Morgan fingerprint density at radius 3 is 2.35 bits per heavy atom. The second kappa shape index (κ2) is 11.0. The van der Waals surface area contributed by atoms with Crippen molar-refractivity contribution in [3.8, 4) is 5.75 Å². The first-order valence-corrected chi connectivity index (χ1v) is 14.7. The molecule has 1 N–H and O–H groups in total. The lowest BCUT2D eigenvalue weighted by molar-refractivity contribution is -0.137. The number of fused-ring (bicyclic) bond motifs is 2. The molecule has 3 aromatic carbocycles. The van der Waals surface area contributed by atoms with Gasteiger partial charge in [-0.3, -0.25) is 23.7 Å². The Kier molecular flexibility index (Phi) is 7.38. The molecule has 2 aliphatic rings. The fraction of sp³-hybridized carbons (Fsp3) is 0.200. The average Bonchev–Trinajstić information content (AvgIpc) is 3.43. The number of imide groups is 1. The highest BCUT2D eigenvalue weighted by molar-refractivity contribution is 8.00. The number of nitrogens with zero attached hydrogens (tertiary/aromatic N) is 2. The van der Waals surface area contributed by atoms with Crippen molar-refractivity contribution in [1.29, 1.82) is 0 Å². The fourth-order valence-electron chi connectivity index (χ4n) is 5.38. The highest BCUT2D eigenvalue weighted by Crippen LogP contribution is 2.53. The van der Waals surface area contributed by atoms with Crippen molar-refractivity contribution in [2.45, 2.75) is 28.9 Å². The van der Waals surface area contributed by atoms with Crippen molar-refractivity contribution in [3.63, 3.8) is 0 Å². The maximum Gasteiger partial charge on any atom is 0.416 e. The number of thiazole rings is 1. The molecule has 0 bridgehead atoms. The molecule has 4 aromatic rings. The third-order valence-electron chi connectivity index (χ3n) is 7.31. The quantitative estimate of drug-likeness (QED) is 0.290. The molecule has 8 nitrogen and oxygen atoms in total. The van der Waals surface area contributed by atoms with Crippen LogP contribution in [0, 0.1) is 5.92 Å². The maximum absolute atomic E-state index is 13.9. The monoisotopic (exact) mass is 625 g/mol. The normalized spacial score (nSPS) is 19.6. The molecule has 3 heterocycles. The summed E-state index contributed by atoms with van der Waals surface area (Å²) < 4.78 is 45.8. The first kappa shape index (κ1) is 28.7. The lowest BCUT2D eigenvalue weighted by Gasteiger charge is -2.30. The number of halogens is 3. The second-order valence-electron chi connectivity index (χ2n) is 9.91. The van der Waals surface area contributed by atoms with Gasteiger partial charge < -0.3 is 10.1 Å². The van der Waals surface area contributed by atoms with Gasteiger partial charge in [0.2, 0.25) is 17.7 Å². The van der Waals surface area contributed by atoms with Gasteiger partial charge in [0.15, 0.2) is 0 Å². The highest BCUT2D eigenvalue weighted by Gasteiger charge is 2.56. The largest absolute Gasteiger partial charge is 0.497 e. The van der Waals surface area contributed by atoms with Gasteiger partial charge in [-0.15, -0.1) is 0 Å². The molecule has 13 heteroatoms.